The molecular weight excluding hydrogens is 361 g/mol. The van der Waals surface area contributed by atoms with E-state index in [9.17, 15) is 12.8 Å². The predicted molar refractivity (Wildman–Crippen MR) is 84.0 cm³/mol. The molecule has 118 valence electrons. The molecule has 1 heterocycles. The molecule has 0 bridgehead atoms. The Bertz CT molecular complexity index is 604. The van der Waals surface area contributed by atoms with Crippen LogP contribution in [0.3, 0.4) is 0 Å². The molecule has 0 radical (unpaired) electrons. The zero-order valence-electron chi connectivity index (χ0n) is 11.6. The van der Waals surface area contributed by atoms with E-state index in [0.29, 0.717) is 13.1 Å². The number of anilines is 1. The Balaban J connectivity index is 1.99. The number of nitrogen functional groups attached to an aromatic ring is 1. The fourth-order valence-corrected chi connectivity index (χ4v) is 4.03. The number of likely N-dealkylation sites (tertiary alicyclic amines) is 1. The van der Waals surface area contributed by atoms with Crippen molar-refractivity contribution in [2.24, 2.45) is 0 Å². The van der Waals surface area contributed by atoms with Crippen LogP contribution in [0.4, 0.5) is 10.1 Å². The molecule has 0 spiro atoms. The van der Waals surface area contributed by atoms with Crippen molar-refractivity contribution < 1.29 is 12.8 Å². The molecule has 21 heavy (non-hydrogen) atoms. The van der Waals surface area contributed by atoms with E-state index >= 15 is 0 Å². The fourth-order valence-electron chi connectivity index (χ4n) is 2.38. The van der Waals surface area contributed by atoms with E-state index in [4.69, 9.17) is 5.73 Å². The summed E-state index contributed by atoms with van der Waals surface area (Å²) in [5.74, 6) is -0.584. The average Bonchev–Trinajstić information content (AvgIpc) is 2.43. The molecule has 1 saturated heterocycles. The average molecular weight is 380 g/mol. The minimum absolute atomic E-state index is 0.0769. The molecule has 3 N–H and O–H groups in total. The van der Waals surface area contributed by atoms with Gasteiger partial charge in [0, 0.05) is 13.1 Å². The van der Waals surface area contributed by atoms with Crippen molar-refractivity contribution in [3.05, 3.63) is 22.4 Å². The van der Waals surface area contributed by atoms with Gasteiger partial charge >= 0.3 is 0 Å². The van der Waals surface area contributed by atoms with Gasteiger partial charge in [0.05, 0.1) is 10.2 Å². The molecule has 0 aromatic heterocycles. The molecule has 0 unspecified atom stereocenters. The number of nitrogens with two attached hydrogens (primary N) is 1. The van der Waals surface area contributed by atoms with Crippen molar-refractivity contribution in [1.82, 2.24) is 9.62 Å². The molecule has 1 aliphatic heterocycles. The molecular formula is C13H19BrFN3O2S. The Morgan fingerprint density at radius 2 is 1.95 bits per heavy atom. The Hall–Kier alpha value is -0.700. The maximum absolute atomic E-state index is 13.3. The Kier molecular flexibility index (Phi) is 5.59. The summed E-state index contributed by atoms with van der Waals surface area (Å²) in [6, 6.07) is 2.19. The molecule has 1 fully saturated rings. The number of hydrogen-bond acceptors (Lipinski definition) is 4. The van der Waals surface area contributed by atoms with E-state index in [2.05, 4.69) is 25.6 Å². The first kappa shape index (κ1) is 16.7. The molecule has 8 heteroatoms. The highest BCUT2D eigenvalue weighted by atomic mass is 79.9. The monoisotopic (exact) mass is 379 g/mol. The van der Waals surface area contributed by atoms with Crippen LogP contribution in [0.15, 0.2) is 21.5 Å². The Morgan fingerprint density at radius 1 is 1.29 bits per heavy atom. The largest absolute Gasteiger partial charge is 0.398 e. The summed E-state index contributed by atoms with van der Waals surface area (Å²) in [5.41, 5.74) is 5.50. The van der Waals surface area contributed by atoms with E-state index in [1.807, 2.05) is 0 Å². The number of rotatable bonds is 5. The van der Waals surface area contributed by atoms with Crippen molar-refractivity contribution in [3.63, 3.8) is 0 Å². The van der Waals surface area contributed by atoms with Gasteiger partial charge in [-0.1, -0.05) is 6.42 Å². The minimum Gasteiger partial charge on any atom is -0.398 e. The third-order valence-corrected chi connectivity index (χ3v) is 5.64. The van der Waals surface area contributed by atoms with Crippen molar-refractivity contribution in [2.45, 2.75) is 24.2 Å². The van der Waals surface area contributed by atoms with Gasteiger partial charge in [-0.25, -0.2) is 17.5 Å². The van der Waals surface area contributed by atoms with Gasteiger partial charge in [0.1, 0.15) is 10.7 Å². The van der Waals surface area contributed by atoms with Crippen LogP contribution < -0.4 is 10.5 Å². The van der Waals surface area contributed by atoms with Gasteiger partial charge in [0.15, 0.2) is 0 Å². The summed E-state index contributed by atoms with van der Waals surface area (Å²) in [6.45, 7) is 3.00. The molecule has 1 aliphatic rings. The first-order chi connectivity index (χ1) is 9.90. The lowest BCUT2D eigenvalue weighted by molar-refractivity contribution is 0.233. The van der Waals surface area contributed by atoms with Crippen LogP contribution in [-0.4, -0.2) is 39.5 Å². The van der Waals surface area contributed by atoms with Gasteiger partial charge in [-0.3, -0.25) is 0 Å². The molecule has 5 nitrogen and oxygen atoms in total. The highest BCUT2D eigenvalue weighted by Crippen LogP contribution is 2.25. The molecule has 0 aliphatic carbocycles. The van der Waals surface area contributed by atoms with E-state index < -0.39 is 15.8 Å². The number of piperidine rings is 1. The number of hydrogen-bond donors (Lipinski definition) is 2. The summed E-state index contributed by atoms with van der Waals surface area (Å²) in [6.07, 6.45) is 3.55. The number of halogens is 2. The second-order valence-corrected chi connectivity index (χ2v) is 7.69. The van der Waals surface area contributed by atoms with Gasteiger partial charge in [-0.2, -0.15) is 0 Å². The van der Waals surface area contributed by atoms with Gasteiger partial charge in [0.2, 0.25) is 10.0 Å². The highest BCUT2D eigenvalue weighted by molar-refractivity contribution is 9.10. The number of benzene rings is 1. The Labute approximate surface area is 132 Å². The summed E-state index contributed by atoms with van der Waals surface area (Å²) < 4.78 is 40.3. The van der Waals surface area contributed by atoms with E-state index in [1.165, 1.54) is 12.5 Å². The SMILES string of the molecule is Nc1cc(F)c(Br)cc1S(=O)(=O)NCCN1CCCCC1. The fraction of sp³-hybridized carbons (Fsp3) is 0.538. The quantitative estimate of drug-likeness (QED) is 0.766. The van der Waals surface area contributed by atoms with Crippen molar-refractivity contribution >= 4 is 31.6 Å². The number of sulfonamides is 1. The predicted octanol–water partition coefficient (Wildman–Crippen LogP) is 1.93. The van der Waals surface area contributed by atoms with Crippen molar-refractivity contribution in [1.29, 1.82) is 0 Å². The summed E-state index contributed by atoms with van der Waals surface area (Å²) in [4.78, 5) is 2.13. The molecule has 0 amide bonds. The highest BCUT2D eigenvalue weighted by Gasteiger charge is 2.20. The van der Waals surface area contributed by atoms with Gasteiger partial charge in [0.25, 0.3) is 0 Å². The number of nitrogens with zero attached hydrogens (tertiary/aromatic N) is 1. The van der Waals surface area contributed by atoms with Crippen LogP contribution in [0.5, 0.6) is 0 Å². The lowest BCUT2D eigenvalue weighted by Crippen LogP contribution is -2.37. The standard InChI is InChI=1S/C13H19BrFN3O2S/c14-10-8-13(12(16)9-11(10)15)21(19,20)17-4-7-18-5-2-1-3-6-18/h8-9,17H,1-7,16H2. The van der Waals surface area contributed by atoms with Crippen LogP contribution in [0.1, 0.15) is 19.3 Å². The molecule has 0 atom stereocenters. The van der Waals surface area contributed by atoms with Crippen LogP contribution in [0.2, 0.25) is 0 Å². The smallest absolute Gasteiger partial charge is 0.242 e. The van der Waals surface area contributed by atoms with Gasteiger partial charge in [-0.05, 0) is 54.0 Å². The lowest BCUT2D eigenvalue weighted by atomic mass is 10.1. The van der Waals surface area contributed by atoms with E-state index in [1.54, 1.807) is 0 Å². The zero-order valence-corrected chi connectivity index (χ0v) is 14.0. The minimum atomic E-state index is -3.73. The van der Waals surface area contributed by atoms with Crippen LogP contribution in [-0.2, 0) is 10.0 Å². The van der Waals surface area contributed by atoms with Crippen LogP contribution in [0, 0.1) is 5.82 Å². The summed E-state index contributed by atoms with van der Waals surface area (Å²) >= 11 is 2.97. The molecule has 2 rings (SSSR count). The van der Waals surface area contributed by atoms with Gasteiger partial charge < -0.3 is 10.6 Å². The first-order valence-corrected chi connectivity index (χ1v) is 9.14. The zero-order chi connectivity index (χ0) is 15.5. The molecule has 1 aromatic carbocycles. The second kappa shape index (κ2) is 7.04. The van der Waals surface area contributed by atoms with Crippen LogP contribution in [0.25, 0.3) is 0 Å². The summed E-state index contributed by atoms with van der Waals surface area (Å²) in [7, 11) is -3.73. The first-order valence-electron chi connectivity index (χ1n) is 6.87. The van der Waals surface area contributed by atoms with Crippen molar-refractivity contribution in [3.8, 4) is 0 Å². The lowest BCUT2D eigenvalue weighted by Gasteiger charge is -2.26. The number of nitrogens with one attached hydrogen (secondary N) is 1. The normalized spacial score (nSPS) is 17.0. The summed E-state index contributed by atoms with van der Waals surface area (Å²) in [5, 5.41) is 0. The maximum atomic E-state index is 13.3. The topological polar surface area (TPSA) is 75.4 Å². The second-order valence-electron chi connectivity index (χ2n) is 5.10. The van der Waals surface area contributed by atoms with Crippen molar-refractivity contribution in [2.75, 3.05) is 31.9 Å². The van der Waals surface area contributed by atoms with E-state index in [-0.39, 0.29) is 15.1 Å². The van der Waals surface area contributed by atoms with E-state index in [0.717, 1.165) is 32.0 Å². The Morgan fingerprint density at radius 3 is 2.62 bits per heavy atom. The molecule has 0 saturated carbocycles. The van der Waals surface area contributed by atoms with Crippen LogP contribution >= 0.6 is 15.9 Å². The third kappa shape index (κ3) is 4.38. The third-order valence-electron chi connectivity index (χ3n) is 3.51. The van der Waals surface area contributed by atoms with Gasteiger partial charge in [-0.15, -0.1) is 0 Å². The maximum Gasteiger partial charge on any atom is 0.242 e. The molecule has 1 aromatic rings.